The number of hydrogen-bond acceptors (Lipinski definition) is 5. The molecule has 1 heterocycles. The molecular formula is C26H39N3O2. The summed E-state index contributed by atoms with van der Waals surface area (Å²) < 4.78 is 5.17. The number of anilines is 2. The number of nitrogens with one attached hydrogen (secondary N) is 2. The number of pyridine rings is 1. The molecule has 0 bridgehead atoms. The molecule has 31 heavy (non-hydrogen) atoms. The molecule has 0 aliphatic rings. The second kappa shape index (κ2) is 12.3. The Kier molecular flexibility index (Phi) is 9.83. The zero-order chi connectivity index (χ0) is 22.7. The van der Waals surface area contributed by atoms with Gasteiger partial charge >= 0.3 is 5.97 Å². The van der Waals surface area contributed by atoms with Gasteiger partial charge in [0.2, 0.25) is 0 Å². The summed E-state index contributed by atoms with van der Waals surface area (Å²) in [6.07, 6.45) is 8.40. The van der Waals surface area contributed by atoms with Gasteiger partial charge in [-0.1, -0.05) is 40.5 Å². The van der Waals surface area contributed by atoms with Gasteiger partial charge in [-0.05, 0) is 67.0 Å². The smallest absolute Gasteiger partial charge is 0.338 e. The maximum Gasteiger partial charge on any atom is 0.338 e. The molecule has 0 saturated heterocycles. The first-order valence-electron chi connectivity index (χ1n) is 11.5. The van der Waals surface area contributed by atoms with E-state index in [1.165, 1.54) is 19.3 Å². The molecule has 0 aliphatic heterocycles. The summed E-state index contributed by atoms with van der Waals surface area (Å²) in [5.41, 5.74) is 3.94. The summed E-state index contributed by atoms with van der Waals surface area (Å²) in [6, 6.07) is 9.63. The number of carbonyl (C=O) groups is 1. The van der Waals surface area contributed by atoms with Crippen LogP contribution in [0.1, 0.15) is 76.2 Å². The van der Waals surface area contributed by atoms with Crippen LogP contribution in [-0.2, 0) is 11.3 Å². The van der Waals surface area contributed by atoms with Crippen LogP contribution in [0.5, 0.6) is 0 Å². The number of hydrogen-bond donors (Lipinski definition) is 2. The number of rotatable bonds is 12. The molecule has 170 valence electrons. The second-order valence-electron chi connectivity index (χ2n) is 9.11. The SMILES string of the molecule is CCCC(CCCNc1ccc(C(=O)OCC)cc1NCc1ccncc1)C(C)(C)C. The molecule has 2 aromatic rings. The summed E-state index contributed by atoms with van der Waals surface area (Å²) >= 11 is 0. The zero-order valence-electron chi connectivity index (χ0n) is 19.8. The predicted molar refractivity (Wildman–Crippen MR) is 130 cm³/mol. The Bertz CT molecular complexity index is 800. The van der Waals surface area contributed by atoms with E-state index in [9.17, 15) is 4.79 Å². The van der Waals surface area contributed by atoms with Gasteiger partial charge in [-0.25, -0.2) is 4.79 Å². The van der Waals surface area contributed by atoms with Crippen LogP contribution in [-0.4, -0.2) is 24.1 Å². The lowest BCUT2D eigenvalue weighted by atomic mass is 9.76. The highest BCUT2D eigenvalue weighted by molar-refractivity contribution is 5.92. The Morgan fingerprint density at radius 3 is 2.42 bits per heavy atom. The first-order chi connectivity index (χ1) is 14.8. The Labute approximate surface area is 188 Å². The molecule has 0 saturated carbocycles. The van der Waals surface area contributed by atoms with Crippen molar-refractivity contribution in [1.82, 2.24) is 4.98 Å². The van der Waals surface area contributed by atoms with E-state index in [4.69, 9.17) is 4.74 Å². The lowest BCUT2D eigenvalue weighted by Gasteiger charge is -2.30. The van der Waals surface area contributed by atoms with Crippen molar-refractivity contribution < 1.29 is 9.53 Å². The first kappa shape index (κ1) is 24.7. The Balaban J connectivity index is 2.05. The number of aromatic nitrogens is 1. The van der Waals surface area contributed by atoms with Crippen LogP contribution in [0.25, 0.3) is 0 Å². The summed E-state index contributed by atoms with van der Waals surface area (Å²) in [7, 11) is 0. The quantitative estimate of drug-likeness (QED) is 0.299. The maximum atomic E-state index is 12.2. The van der Waals surface area contributed by atoms with Gasteiger partial charge in [0.15, 0.2) is 0 Å². The van der Waals surface area contributed by atoms with E-state index < -0.39 is 0 Å². The Hall–Kier alpha value is -2.56. The van der Waals surface area contributed by atoms with Gasteiger partial charge < -0.3 is 15.4 Å². The van der Waals surface area contributed by atoms with Crippen molar-refractivity contribution in [1.29, 1.82) is 0 Å². The van der Waals surface area contributed by atoms with E-state index in [0.717, 1.165) is 35.8 Å². The normalized spacial score (nSPS) is 12.3. The van der Waals surface area contributed by atoms with E-state index in [1.807, 2.05) is 37.3 Å². The van der Waals surface area contributed by atoms with Gasteiger partial charge in [-0.2, -0.15) is 0 Å². The number of esters is 1. The van der Waals surface area contributed by atoms with Gasteiger partial charge in [0, 0.05) is 25.5 Å². The molecule has 0 fully saturated rings. The molecule has 0 spiro atoms. The highest BCUT2D eigenvalue weighted by Gasteiger charge is 2.23. The Morgan fingerprint density at radius 2 is 1.77 bits per heavy atom. The van der Waals surface area contributed by atoms with E-state index in [2.05, 4.69) is 43.3 Å². The van der Waals surface area contributed by atoms with Crippen LogP contribution in [0.2, 0.25) is 0 Å². The molecule has 1 aromatic carbocycles. The molecule has 0 aliphatic carbocycles. The minimum atomic E-state index is -0.298. The molecule has 0 radical (unpaired) electrons. The van der Waals surface area contributed by atoms with Crippen LogP contribution in [0, 0.1) is 11.3 Å². The second-order valence-corrected chi connectivity index (χ2v) is 9.11. The summed E-state index contributed by atoms with van der Waals surface area (Å²) in [4.78, 5) is 16.3. The van der Waals surface area contributed by atoms with Crippen LogP contribution >= 0.6 is 0 Å². The van der Waals surface area contributed by atoms with E-state index in [1.54, 1.807) is 12.4 Å². The highest BCUT2D eigenvalue weighted by Crippen LogP contribution is 2.33. The molecule has 1 unspecified atom stereocenters. The van der Waals surface area contributed by atoms with Gasteiger partial charge in [-0.15, -0.1) is 0 Å². The van der Waals surface area contributed by atoms with Crippen molar-refractivity contribution in [3.63, 3.8) is 0 Å². The van der Waals surface area contributed by atoms with Crippen molar-refractivity contribution in [2.75, 3.05) is 23.8 Å². The average molecular weight is 426 g/mol. The average Bonchev–Trinajstić information content (AvgIpc) is 2.75. The van der Waals surface area contributed by atoms with E-state index >= 15 is 0 Å². The molecule has 1 atom stereocenters. The zero-order valence-corrected chi connectivity index (χ0v) is 19.8. The third-order valence-corrected chi connectivity index (χ3v) is 5.67. The minimum Gasteiger partial charge on any atom is -0.462 e. The number of nitrogens with zero attached hydrogens (tertiary/aromatic N) is 1. The molecule has 5 heteroatoms. The van der Waals surface area contributed by atoms with Crippen LogP contribution in [0.15, 0.2) is 42.7 Å². The van der Waals surface area contributed by atoms with Crippen molar-refractivity contribution >= 4 is 17.3 Å². The fourth-order valence-electron chi connectivity index (χ4n) is 3.81. The van der Waals surface area contributed by atoms with Crippen LogP contribution in [0.4, 0.5) is 11.4 Å². The van der Waals surface area contributed by atoms with Gasteiger partial charge in [-0.3, -0.25) is 4.98 Å². The largest absolute Gasteiger partial charge is 0.462 e. The third kappa shape index (κ3) is 8.23. The van der Waals surface area contributed by atoms with Crippen LogP contribution < -0.4 is 10.6 Å². The van der Waals surface area contributed by atoms with Gasteiger partial charge in [0.1, 0.15) is 0 Å². The number of carbonyl (C=O) groups excluding carboxylic acids is 1. The molecule has 2 rings (SSSR count). The molecule has 1 aromatic heterocycles. The molecule has 2 N–H and O–H groups in total. The lowest BCUT2D eigenvalue weighted by molar-refractivity contribution is 0.0526. The summed E-state index contributed by atoms with van der Waals surface area (Å²) in [5.74, 6) is 0.434. The monoisotopic (exact) mass is 425 g/mol. The molecule has 5 nitrogen and oxygen atoms in total. The number of ether oxygens (including phenoxy) is 1. The standard InChI is InChI=1S/C26H39N3O2/c1-6-9-22(26(3,4)5)10-8-15-28-23-12-11-21(25(30)31-7-2)18-24(23)29-19-20-13-16-27-17-14-20/h11-14,16-18,22,28-29H,6-10,15,19H2,1-5H3. The first-order valence-corrected chi connectivity index (χ1v) is 11.5. The predicted octanol–water partition coefficient (Wildman–Crippen LogP) is 6.52. The Morgan fingerprint density at radius 1 is 1.03 bits per heavy atom. The summed E-state index contributed by atoms with van der Waals surface area (Å²) in [6.45, 7) is 13.0. The molecular weight excluding hydrogens is 386 g/mol. The van der Waals surface area contributed by atoms with Crippen molar-refractivity contribution in [3.05, 3.63) is 53.9 Å². The summed E-state index contributed by atoms with van der Waals surface area (Å²) in [5, 5.41) is 7.03. The topological polar surface area (TPSA) is 63.2 Å². The van der Waals surface area contributed by atoms with Gasteiger partial charge in [0.05, 0.1) is 23.5 Å². The lowest BCUT2D eigenvalue weighted by Crippen LogP contribution is -2.21. The maximum absolute atomic E-state index is 12.2. The van der Waals surface area contributed by atoms with Crippen molar-refractivity contribution in [3.8, 4) is 0 Å². The van der Waals surface area contributed by atoms with Crippen molar-refractivity contribution in [2.24, 2.45) is 11.3 Å². The fraction of sp³-hybridized carbons (Fsp3) is 0.538. The highest BCUT2D eigenvalue weighted by atomic mass is 16.5. The van der Waals surface area contributed by atoms with E-state index in [-0.39, 0.29) is 5.97 Å². The van der Waals surface area contributed by atoms with Gasteiger partial charge in [0.25, 0.3) is 0 Å². The molecule has 0 amide bonds. The fourth-order valence-corrected chi connectivity index (χ4v) is 3.81. The van der Waals surface area contributed by atoms with Crippen molar-refractivity contribution in [2.45, 2.75) is 66.8 Å². The third-order valence-electron chi connectivity index (χ3n) is 5.67. The van der Waals surface area contributed by atoms with E-state index in [0.29, 0.717) is 24.1 Å². The minimum absolute atomic E-state index is 0.298. The van der Waals surface area contributed by atoms with Crippen LogP contribution in [0.3, 0.4) is 0 Å². The number of benzene rings is 1.